The third-order valence-corrected chi connectivity index (χ3v) is 2.87. The molecule has 5 heteroatoms. The van der Waals surface area contributed by atoms with E-state index in [-0.39, 0.29) is 6.04 Å². The van der Waals surface area contributed by atoms with Crippen molar-refractivity contribution in [2.45, 2.75) is 18.6 Å². The second-order valence-electron chi connectivity index (χ2n) is 3.53. The molecule has 1 saturated heterocycles. The van der Waals surface area contributed by atoms with Crippen LogP contribution in [0.25, 0.3) is 0 Å². The molecule has 0 spiro atoms. The lowest BCUT2D eigenvalue weighted by atomic mass is 9.96. The minimum Gasteiger partial charge on any atom is -0.310 e. The Balaban J connectivity index is 2.36. The highest BCUT2D eigenvalue weighted by molar-refractivity contribution is 6.31. The molecule has 0 amide bonds. The van der Waals surface area contributed by atoms with Gasteiger partial charge in [0.1, 0.15) is 0 Å². The van der Waals surface area contributed by atoms with Crippen LogP contribution in [-0.4, -0.2) is 6.54 Å². The van der Waals surface area contributed by atoms with Crippen molar-refractivity contribution in [3.8, 4) is 0 Å². The van der Waals surface area contributed by atoms with E-state index in [1.807, 2.05) is 0 Å². The van der Waals surface area contributed by atoms with Gasteiger partial charge in [-0.1, -0.05) is 11.6 Å². The van der Waals surface area contributed by atoms with Gasteiger partial charge in [0.05, 0.1) is 5.56 Å². The lowest BCUT2D eigenvalue weighted by Gasteiger charge is -2.29. The summed E-state index contributed by atoms with van der Waals surface area (Å²) >= 11 is 5.85. The molecule has 82 valence electrons. The number of benzene rings is 1. The van der Waals surface area contributed by atoms with Crippen molar-refractivity contribution in [2.24, 2.45) is 0 Å². The average molecular weight is 236 g/mol. The third-order valence-electron chi connectivity index (χ3n) is 2.52. The summed E-state index contributed by atoms with van der Waals surface area (Å²) in [6.07, 6.45) is -3.47. The van der Waals surface area contributed by atoms with E-state index in [0.29, 0.717) is 10.6 Å². The van der Waals surface area contributed by atoms with Crippen molar-refractivity contribution in [3.05, 3.63) is 34.3 Å². The Labute approximate surface area is 90.2 Å². The highest BCUT2D eigenvalue weighted by Gasteiger charge is 2.32. The molecule has 1 atom stereocenters. The van der Waals surface area contributed by atoms with Gasteiger partial charge < -0.3 is 5.32 Å². The summed E-state index contributed by atoms with van der Waals surface area (Å²) in [4.78, 5) is 0. The van der Waals surface area contributed by atoms with Gasteiger partial charge in [0.25, 0.3) is 0 Å². The fourth-order valence-corrected chi connectivity index (χ4v) is 1.79. The highest BCUT2D eigenvalue weighted by atomic mass is 35.5. The molecule has 1 aliphatic rings. The van der Waals surface area contributed by atoms with E-state index in [1.54, 1.807) is 0 Å². The van der Waals surface area contributed by atoms with Crippen LogP contribution in [0.15, 0.2) is 18.2 Å². The van der Waals surface area contributed by atoms with Gasteiger partial charge in [-0.25, -0.2) is 0 Å². The molecule has 1 aromatic rings. The van der Waals surface area contributed by atoms with Gasteiger partial charge in [-0.15, -0.1) is 0 Å². The predicted molar refractivity (Wildman–Crippen MR) is 51.8 cm³/mol. The molecular weight excluding hydrogens is 227 g/mol. The summed E-state index contributed by atoms with van der Waals surface area (Å²) in [5.74, 6) is 0. The molecule has 1 nitrogen and oxygen atoms in total. The van der Waals surface area contributed by atoms with E-state index in [1.165, 1.54) is 6.07 Å². The van der Waals surface area contributed by atoms with Crippen LogP contribution in [-0.2, 0) is 6.18 Å². The lowest BCUT2D eigenvalue weighted by molar-refractivity contribution is -0.137. The maximum absolute atomic E-state index is 12.4. The van der Waals surface area contributed by atoms with Crippen LogP contribution in [0.1, 0.15) is 23.6 Å². The highest BCUT2D eigenvalue weighted by Crippen LogP contribution is 2.35. The molecule has 0 saturated carbocycles. The van der Waals surface area contributed by atoms with Crippen molar-refractivity contribution >= 4 is 11.6 Å². The number of alkyl halides is 3. The van der Waals surface area contributed by atoms with Gasteiger partial charge in [0.2, 0.25) is 0 Å². The Bertz CT molecular complexity index is 371. The van der Waals surface area contributed by atoms with Crippen molar-refractivity contribution in [1.82, 2.24) is 5.32 Å². The molecule has 0 unspecified atom stereocenters. The smallest absolute Gasteiger partial charge is 0.310 e. The molecule has 0 aliphatic carbocycles. The standard InChI is InChI=1S/C10H9ClF3N/c11-8-2-1-6(10(12,13)14)5-7(8)9-3-4-15-9/h1-2,5,9,15H,3-4H2/t9-/m0/s1. The molecule has 1 fully saturated rings. The Kier molecular flexibility index (Phi) is 2.64. The van der Waals surface area contributed by atoms with Crippen molar-refractivity contribution in [1.29, 1.82) is 0 Å². The molecule has 1 aliphatic heterocycles. The first kappa shape index (κ1) is 10.8. The third kappa shape index (κ3) is 2.11. The summed E-state index contributed by atoms with van der Waals surface area (Å²) < 4.78 is 37.3. The van der Waals surface area contributed by atoms with Gasteiger partial charge in [-0.3, -0.25) is 0 Å². The van der Waals surface area contributed by atoms with E-state index < -0.39 is 11.7 Å². The summed E-state index contributed by atoms with van der Waals surface area (Å²) in [5, 5.41) is 3.42. The van der Waals surface area contributed by atoms with Crippen LogP contribution in [0.4, 0.5) is 13.2 Å². The van der Waals surface area contributed by atoms with Crippen LogP contribution in [0, 0.1) is 0 Å². The van der Waals surface area contributed by atoms with E-state index in [0.717, 1.165) is 25.1 Å². The molecule has 0 radical (unpaired) electrons. The molecule has 15 heavy (non-hydrogen) atoms. The second kappa shape index (κ2) is 3.68. The zero-order valence-electron chi connectivity index (χ0n) is 7.74. The average Bonchev–Trinajstić information content (AvgIpc) is 2.03. The monoisotopic (exact) mass is 235 g/mol. The van der Waals surface area contributed by atoms with Gasteiger partial charge in [0, 0.05) is 11.1 Å². The second-order valence-corrected chi connectivity index (χ2v) is 3.94. The first-order chi connectivity index (χ1) is 6.98. The Morgan fingerprint density at radius 3 is 2.47 bits per heavy atom. The van der Waals surface area contributed by atoms with E-state index in [9.17, 15) is 13.2 Å². The largest absolute Gasteiger partial charge is 0.416 e. The maximum Gasteiger partial charge on any atom is 0.416 e. The van der Waals surface area contributed by atoms with E-state index in [2.05, 4.69) is 5.32 Å². The molecule has 0 bridgehead atoms. The molecular formula is C10H9ClF3N. The number of hydrogen-bond donors (Lipinski definition) is 1. The first-order valence-electron chi connectivity index (χ1n) is 4.58. The Morgan fingerprint density at radius 1 is 1.33 bits per heavy atom. The van der Waals surface area contributed by atoms with Crippen LogP contribution in [0.5, 0.6) is 0 Å². The normalized spacial score (nSPS) is 21.2. The number of rotatable bonds is 1. The zero-order chi connectivity index (χ0) is 11.1. The van der Waals surface area contributed by atoms with Crippen molar-refractivity contribution in [2.75, 3.05) is 6.54 Å². The van der Waals surface area contributed by atoms with Gasteiger partial charge in [-0.2, -0.15) is 13.2 Å². The summed E-state index contributed by atoms with van der Waals surface area (Å²) in [7, 11) is 0. The van der Waals surface area contributed by atoms with E-state index in [4.69, 9.17) is 11.6 Å². The van der Waals surface area contributed by atoms with Gasteiger partial charge in [0.15, 0.2) is 0 Å². The number of halogens is 4. The summed E-state index contributed by atoms with van der Waals surface area (Å²) in [6.45, 7) is 0.831. The number of nitrogens with one attached hydrogen (secondary N) is 1. The van der Waals surface area contributed by atoms with Gasteiger partial charge >= 0.3 is 6.18 Å². The Morgan fingerprint density at radius 2 is 2.00 bits per heavy atom. The fourth-order valence-electron chi connectivity index (χ4n) is 1.54. The van der Waals surface area contributed by atoms with Crippen LogP contribution < -0.4 is 5.32 Å². The van der Waals surface area contributed by atoms with Crippen LogP contribution >= 0.6 is 11.6 Å². The van der Waals surface area contributed by atoms with Crippen molar-refractivity contribution in [3.63, 3.8) is 0 Å². The Hall–Kier alpha value is -0.740. The van der Waals surface area contributed by atoms with Crippen LogP contribution in [0.2, 0.25) is 5.02 Å². The lowest BCUT2D eigenvalue weighted by Crippen LogP contribution is -2.35. The zero-order valence-corrected chi connectivity index (χ0v) is 8.49. The summed E-state index contributed by atoms with van der Waals surface area (Å²) in [5.41, 5.74) is -0.103. The molecule has 1 N–H and O–H groups in total. The molecule has 2 rings (SSSR count). The minimum absolute atomic E-state index is 0.0280. The van der Waals surface area contributed by atoms with E-state index >= 15 is 0 Å². The van der Waals surface area contributed by atoms with Crippen molar-refractivity contribution < 1.29 is 13.2 Å². The van der Waals surface area contributed by atoms with Crippen LogP contribution in [0.3, 0.4) is 0 Å². The maximum atomic E-state index is 12.4. The minimum atomic E-state index is -4.30. The topological polar surface area (TPSA) is 12.0 Å². The molecule has 0 aromatic heterocycles. The molecule has 1 aromatic carbocycles. The quantitative estimate of drug-likeness (QED) is 0.787. The number of hydrogen-bond acceptors (Lipinski definition) is 1. The first-order valence-corrected chi connectivity index (χ1v) is 4.96. The molecule has 1 heterocycles. The summed E-state index contributed by atoms with van der Waals surface area (Å²) in [6, 6.07) is 3.41. The predicted octanol–water partition coefficient (Wildman–Crippen LogP) is 3.39. The fraction of sp³-hybridized carbons (Fsp3) is 0.400. The van der Waals surface area contributed by atoms with Gasteiger partial charge in [-0.05, 0) is 36.7 Å². The SMILES string of the molecule is FC(F)(F)c1ccc(Cl)c([C@@H]2CCN2)c1.